The van der Waals surface area contributed by atoms with Crippen molar-refractivity contribution in [3.63, 3.8) is 0 Å². The smallest absolute Gasteiger partial charge is 0.0940 e. The molecule has 1 aliphatic heterocycles. The molecule has 3 nitrogen and oxygen atoms in total. The average molecular weight is 277 g/mol. The highest BCUT2D eigenvalue weighted by molar-refractivity contribution is 5.14. The molecule has 0 aliphatic carbocycles. The Kier molecular flexibility index (Phi) is 6.02. The van der Waals surface area contributed by atoms with E-state index in [0.29, 0.717) is 6.61 Å². The molecule has 1 atom stereocenters. The first-order valence-corrected chi connectivity index (χ1v) is 7.66. The van der Waals surface area contributed by atoms with Crippen molar-refractivity contribution in [1.29, 1.82) is 0 Å². The molecule has 20 heavy (non-hydrogen) atoms. The molecule has 0 aromatic heterocycles. The second-order valence-electron chi connectivity index (χ2n) is 6.15. The van der Waals surface area contributed by atoms with E-state index in [1.54, 1.807) is 0 Å². The summed E-state index contributed by atoms with van der Waals surface area (Å²) in [6.07, 6.45) is 3.61. The molecule has 1 heterocycles. The molecular formula is C17H27NO2. The first-order chi connectivity index (χ1) is 9.66. The van der Waals surface area contributed by atoms with Crippen LogP contribution in [0.5, 0.6) is 0 Å². The zero-order chi connectivity index (χ0) is 14.3. The van der Waals surface area contributed by atoms with Gasteiger partial charge < -0.3 is 14.8 Å². The molecule has 1 saturated heterocycles. The van der Waals surface area contributed by atoms with Gasteiger partial charge in [-0.2, -0.15) is 0 Å². The van der Waals surface area contributed by atoms with Crippen molar-refractivity contribution in [3.05, 3.63) is 35.9 Å². The molecule has 2 rings (SSSR count). The average Bonchev–Trinajstić information content (AvgIpc) is 2.43. The number of hydrogen-bond donors (Lipinski definition) is 1. The maximum Gasteiger partial charge on any atom is 0.0940 e. The number of nitrogens with one attached hydrogen (secondary N) is 1. The summed E-state index contributed by atoms with van der Waals surface area (Å²) in [5, 5.41) is 3.39. The predicted octanol–water partition coefficient (Wildman–Crippen LogP) is 2.79. The summed E-state index contributed by atoms with van der Waals surface area (Å²) in [6.45, 7) is 7.57. The van der Waals surface area contributed by atoms with Crippen LogP contribution < -0.4 is 5.32 Å². The van der Waals surface area contributed by atoms with Crippen molar-refractivity contribution in [2.24, 2.45) is 0 Å². The summed E-state index contributed by atoms with van der Waals surface area (Å²) in [6, 6.07) is 10.6. The predicted molar refractivity (Wildman–Crippen MR) is 82.0 cm³/mol. The Morgan fingerprint density at radius 2 is 2.05 bits per heavy atom. The lowest BCUT2D eigenvalue weighted by atomic mass is 10.1. The first-order valence-electron chi connectivity index (χ1n) is 7.66. The van der Waals surface area contributed by atoms with Crippen LogP contribution in [0.4, 0.5) is 0 Å². The minimum atomic E-state index is -0.0699. The Bertz CT molecular complexity index is 378. The number of unbranched alkanes of at least 4 members (excludes halogenated alkanes) is 1. The number of aryl methyl sites for hydroxylation is 1. The molecular weight excluding hydrogens is 250 g/mol. The summed E-state index contributed by atoms with van der Waals surface area (Å²) in [7, 11) is 0. The fourth-order valence-corrected chi connectivity index (χ4v) is 2.55. The van der Waals surface area contributed by atoms with Gasteiger partial charge in [0.15, 0.2) is 0 Å². The first kappa shape index (κ1) is 15.5. The van der Waals surface area contributed by atoms with Gasteiger partial charge in [0, 0.05) is 19.7 Å². The molecule has 1 aromatic rings. The molecule has 0 bridgehead atoms. The van der Waals surface area contributed by atoms with Crippen LogP contribution in [0.1, 0.15) is 32.3 Å². The van der Waals surface area contributed by atoms with E-state index in [-0.39, 0.29) is 11.7 Å². The van der Waals surface area contributed by atoms with Gasteiger partial charge in [-0.15, -0.1) is 0 Å². The van der Waals surface area contributed by atoms with Gasteiger partial charge in [0.2, 0.25) is 0 Å². The Labute approximate surface area is 122 Å². The van der Waals surface area contributed by atoms with E-state index in [0.717, 1.165) is 32.5 Å². The second kappa shape index (κ2) is 7.77. The van der Waals surface area contributed by atoms with E-state index in [1.165, 1.54) is 12.0 Å². The van der Waals surface area contributed by atoms with Crippen LogP contribution in [0.25, 0.3) is 0 Å². The SMILES string of the molecule is CC1(C)CNCC(COCCCCc2ccccc2)O1. The monoisotopic (exact) mass is 277 g/mol. The summed E-state index contributed by atoms with van der Waals surface area (Å²) in [5.74, 6) is 0. The van der Waals surface area contributed by atoms with Crippen LogP contribution in [0.3, 0.4) is 0 Å². The number of rotatable bonds is 7. The van der Waals surface area contributed by atoms with E-state index in [2.05, 4.69) is 49.5 Å². The van der Waals surface area contributed by atoms with Crippen molar-refractivity contribution < 1.29 is 9.47 Å². The molecule has 0 radical (unpaired) electrons. The van der Waals surface area contributed by atoms with Gasteiger partial charge in [-0.05, 0) is 38.7 Å². The quantitative estimate of drug-likeness (QED) is 0.777. The second-order valence-corrected chi connectivity index (χ2v) is 6.15. The molecule has 1 fully saturated rings. The van der Waals surface area contributed by atoms with Gasteiger partial charge in [0.05, 0.1) is 18.3 Å². The molecule has 3 heteroatoms. The van der Waals surface area contributed by atoms with Crippen molar-refractivity contribution in [2.75, 3.05) is 26.3 Å². The lowest BCUT2D eigenvalue weighted by Crippen LogP contribution is -2.51. The van der Waals surface area contributed by atoms with Crippen LogP contribution in [-0.2, 0) is 15.9 Å². The third-order valence-corrected chi connectivity index (χ3v) is 3.56. The highest BCUT2D eigenvalue weighted by Gasteiger charge is 2.28. The fourth-order valence-electron chi connectivity index (χ4n) is 2.55. The Morgan fingerprint density at radius 3 is 2.80 bits per heavy atom. The Hall–Kier alpha value is -0.900. The van der Waals surface area contributed by atoms with Gasteiger partial charge in [0.25, 0.3) is 0 Å². The van der Waals surface area contributed by atoms with E-state index >= 15 is 0 Å². The standard InChI is InChI=1S/C17H27NO2/c1-17(2)14-18-12-16(20-17)13-19-11-7-6-10-15-8-4-3-5-9-15/h3-5,8-9,16,18H,6-7,10-14H2,1-2H3. The van der Waals surface area contributed by atoms with Crippen LogP contribution in [0.2, 0.25) is 0 Å². The van der Waals surface area contributed by atoms with Crippen molar-refractivity contribution in [3.8, 4) is 0 Å². The van der Waals surface area contributed by atoms with Gasteiger partial charge in [-0.25, -0.2) is 0 Å². The highest BCUT2D eigenvalue weighted by Crippen LogP contribution is 2.15. The minimum absolute atomic E-state index is 0.0699. The number of benzene rings is 1. The summed E-state index contributed by atoms with van der Waals surface area (Å²) < 4.78 is 11.7. The molecule has 112 valence electrons. The number of hydrogen-bond acceptors (Lipinski definition) is 3. The van der Waals surface area contributed by atoms with Crippen molar-refractivity contribution in [2.45, 2.75) is 44.8 Å². The third-order valence-electron chi connectivity index (χ3n) is 3.56. The molecule has 1 aliphatic rings. The Morgan fingerprint density at radius 1 is 1.25 bits per heavy atom. The van der Waals surface area contributed by atoms with Crippen LogP contribution >= 0.6 is 0 Å². The normalized spacial score (nSPS) is 21.8. The number of ether oxygens (including phenoxy) is 2. The molecule has 1 aromatic carbocycles. The molecule has 0 spiro atoms. The van der Waals surface area contributed by atoms with E-state index < -0.39 is 0 Å². The third kappa shape index (κ3) is 5.61. The van der Waals surface area contributed by atoms with Gasteiger partial charge in [0.1, 0.15) is 0 Å². The van der Waals surface area contributed by atoms with Gasteiger partial charge in [-0.3, -0.25) is 0 Å². The van der Waals surface area contributed by atoms with E-state index in [4.69, 9.17) is 9.47 Å². The van der Waals surface area contributed by atoms with Gasteiger partial charge in [-0.1, -0.05) is 30.3 Å². The Balaban J connectivity index is 1.51. The molecule has 0 amide bonds. The molecule has 1 unspecified atom stereocenters. The highest BCUT2D eigenvalue weighted by atomic mass is 16.5. The zero-order valence-corrected chi connectivity index (χ0v) is 12.7. The fraction of sp³-hybridized carbons (Fsp3) is 0.647. The van der Waals surface area contributed by atoms with Crippen LogP contribution in [-0.4, -0.2) is 38.0 Å². The minimum Gasteiger partial charge on any atom is -0.379 e. The van der Waals surface area contributed by atoms with Crippen molar-refractivity contribution >= 4 is 0 Å². The summed E-state index contributed by atoms with van der Waals surface area (Å²) in [4.78, 5) is 0. The number of morpholine rings is 1. The molecule has 0 saturated carbocycles. The van der Waals surface area contributed by atoms with Gasteiger partial charge >= 0.3 is 0 Å². The van der Waals surface area contributed by atoms with E-state index in [9.17, 15) is 0 Å². The summed E-state index contributed by atoms with van der Waals surface area (Å²) >= 11 is 0. The maximum absolute atomic E-state index is 5.96. The molecule has 1 N–H and O–H groups in total. The lowest BCUT2D eigenvalue weighted by molar-refractivity contribution is -0.120. The maximum atomic E-state index is 5.96. The van der Waals surface area contributed by atoms with Crippen LogP contribution in [0, 0.1) is 0 Å². The van der Waals surface area contributed by atoms with Crippen molar-refractivity contribution in [1.82, 2.24) is 5.32 Å². The lowest BCUT2D eigenvalue weighted by Gasteiger charge is -2.36. The van der Waals surface area contributed by atoms with E-state index in [1.807, 2.05) is 0 Å². The largest absolute Gasteiger partial charge is 0.379 e. The zero-order valence-electron chi connectivity index (χ0n) is 12.7. The topological polar surface area (TPSA) is 30.5 Å². The van der Waals surface area contributed by atoms with Crippen LogP contribution in [0.15, 0.2) is 30.3 Å². The summed E-state index contributed by atoms with van der Waals surface area (Å²) in [5.41, 5.74) is 1.34.